The van der Waals surface area contributed by atoms with E-state index in [-0.39, 0.29) is 5.69 Å². The Kier molecular flexibility index (Phi) is 3.61. The monoisotopic (exact) mass is 221 g/mol. The fourth-order valence-electron chi connectivity index (χ4n) is 0.875. The lowest BCUT2D eigenvalue weighted by Crippen LogP contribution is -2.20. The van der Waals surface area contributed by atoms with Gasteiger partial charge in [0.1, 0.15) is 0 Å². The standard InChI is InChI=1S/C6H11N3O2S2/c1-2-13(11)4-3-9-5(10)7-8-6(9)12/h2-4H2,1H3,(H,7,10)(H,8,12). The first-order valence-electron chi connectivity index (χ1n) is 3.87. The predicted octanol–water partition coefficient (Wildman–Crippen LogP) is 0.00259. The van der Waals surface area contributed by atoms with E-state index in [0.29, 0.717) is 22.8 Å². The highest BCUT2D eigenvalue weighted by Gasteiger charge is 2.01. The molecule has 1 heterocycles. The average molecular weight is 221 g/mol. The molecule has 2 N–H and O–H groups in total. The lowest BCUT2D eigenvalue weighted by molar-refractivity contribution is 0.668. The van der Waals surface area contributed by atoms with Crippen LogP contribution in [0.3, 0.4) is 0 Å². The lowest BCUT2D eigenvalue weighted by Gasteiger charge is -1.98. The van der Waals surface area contributed by atoms with E-state index in [2.05, 4.69) is 10.2 Å². The number of aromatic nitrogens is 3. The van der Waals surface area contributed by atoms with E-state index in [9.17, 15) is 9.00 Å². The normalized spacial score (nSPS) is 13.0. The van der Waals surface area contributed by atoms with Crippen molar-refractivity contribution in [3.63, 3.8) is 0 Å². The van der Waals surface area contributed by atoms with Gasteiger partial charge in [0.2, 0.25) is 0 Å². The summed E-state index contributed by atoms with van der Waals surface area (Å²) in [5.74, 6) is 1.07. The summed E-state index contributed by atoms with van der Waals surface area (Å²) in [7, 11) is -0.862. The molecule has 0 aliphatic heterocycles. The fourth-order valence-corrected chi connectivity index (χ4v) is 1.77. The van der Waals surface area contributed by atoms with E-state index < -0.39 is 10.8 Å². The minimum absolute atomic E-state index is 0.280. The van der Waals surface area contributed by atoms with Crippen molar-refractivity contribution in [2.24, 2.45) is 0 Å². The van der Waals surface area contributed by atoms with Crippen LogP contribution >= 0.6 is 12.2 Å². The summed E-state index contributed by atoms with van der Waals surface area (Å²) in [6.45, 7) is 2.24. The number of rotatable bonds is 4. The lowest BCUT2D eigenvalue weighted by atomic mass is 10.7. The Morgan fingerprint density at radius 1 is 1.54 bits per heavy atom. The molecule has 0 radical (unpaired) electrons. The Morgan fingerprint density at radius 3 is 2.69 bits per heavy atom. The first-order chi connectivity index (χ1) is 6.15. The van der Waals surface area contributed by atoms with Crippen molar-refractivity contribution in [3.8, 4) is 0 Å². The minimum atomic E-state index is -0.862. The van der Waals surface area contributed by atoms with Crippen molar-refractivity contribution >= 4 is 23.0 Å². The highest BCUT2D eigenvalue weighted by atomic mass is 32.2. The highest BCUT2D eigenvalue weighted by molar-refractivity contribution is 7.84. The molecule has 1 rings (SSSR count). The number of nitrogens with one attached hydrogen (secondary N) is 2. The Labute approximate surface area is 82.6 Å². The van der Waals surface area contributed by atoms with Gasteiger partial charge in [0, 0.05) is 28.9 Å². The van der Waals surface area contributed by atoms with Crippen molar-refractivity contribution < 1.29 is 4.21 Å². The smallest absolute Gasteiger partial charge is 0.272 e. The van der Waals surface area contributed by atoms with Crippen LogP contribution in [0.1, 0.15) is 6.92 Å². The predicted molar refractivity (Wildman–Crippen MR) is 53.8 cm³/mol. The maximum Gasteiger partial charge on any atom is 0.342 e. The fraction of sp³-hybridized carbons (Fsp3) is 0.667. The molecule has 0 aliphatic carbocycles. The Balaban J connectivity index is 2.70. The van der Waals surface area contributed by atoms with Crippen LogP contribution in [0.4, 0.5) is 0 Å². The average Bonchev–Trinajstić information content (AvgIpc) is 2.43. The second kappa shape index (κ2) is 4.52. The first-order valence-corrected chi connectivity index (χ1v) is 5.77. The number of hydrogen-bond acceptors (Lipinski definition) is 3. The van der Waals surface area contributed by atoms with Gasteiger partial charge in [0.25, 0.3) is 0 Å². The van der Waals surface area contributed by atoms with Gasteiger partial charge in [-0.15, -0.1) is 0 Å². The molecule has 1 aromatic rings. The maximum absolute atomic E-state index is 11.1. The molecule has 1 atom stereocenters. The number of hydrogen-bond donors (Lipinski definition) is 2. The van der Waals surface area contributed by atoms with Gasteiger partial charge in [0.15, 0.2) is 4.77 Å². The van der Waals surface area contributed by atoms with Crippen LogP contribution in [-0.4, -0.2) is 30.5 Å². The molecule has 0 saturated carbocycles. The van der Waals surface area contributed by atoms with Crippen molar-refractivity contribution in [2.45, 2.75) is 13.5 Å². The van der Waals surface area contributed by atoms with Gasteiger partial charge in [-0.3, -0.25) is 13.9 Å². The van der Waals surface area contributed by atoms with Crippen LogP contribution < -0.4 is 5.69 Å². The number of nitrogens with zero attached hydrogens (tertiary/aromatic N) is 1. The van der Waals surface area contributed by atoms with Gasteiger partial charge in [-0.25, -0.2) is 9.89 Å². The van der Waals surface area contributed by atoms with Crippen molar-refractivity contribution in [1.82, 2.24) is 14.8 Å². The highest BCUT2D eigenvalue weighted by Crippen LogP contribution is 1.86. The van der Waals surface area contributed by atoms with Gasteiger partial charge in [0.05, 0.1) is 0 Å². The summed E-state index contributed by atoms with van der Waals surface area (Å²) in [4.78, 5) is 11.1. The molecule has 1 aromatic heterocycles. The molecule has 13 heavy (non-hydrogen) atoms. The molecule has 0 saturated heterocycles. The summed E-state index contributed by atoms with van der Waals surface area (Å²) in [5.41, 5.74) is -0.280. The van der Waals surface area contributed by atoms with E-state index >= 15 is 0 Å². The molecule has 74 valence electrons. The Morgan fingerprint density at radius 2 is 2.23 bits per heavy atom. The SMILES string of the molecule is CCS(=O)CCn1c(=O)[nH][nH]c1=S. The Hall–Kier alpha value is -0.690. The molecule has 0 amide bonds. The summed E-state index contributed by atoms with van der Waals surface area (Å²) in [6, 6.07) is 0. The van der Waals surface area contributed by atoms with Crippen molar-refractivity contribution in [1.29, 1.82) is 0 Å². The van der Waals surface area contributed by atoms with Crippen molar-refractivity contribution in [2.75, 3.05) is 11.5 Å². The zero-order valence-corrected chi connectivity index (χ0v) is 8.83. The topological polar surface area (TPSA) is 70.7 Å². The molecule has 0 aliphatic rings. The van der Waals surface area contributed by atoms with Crippen LogP contribution in [-0.2, 0) is 17.3 Å². The van der Waals surface area contributed by atoms with E-state index in [1.54, 1.807) is 0 Å². The zero-order chi connectivity index (χ0) is 9.84. The van der Waals surface area contributed by atoms with Crippen LogP contribution in [0.5, 0.6) is 0 Å². The van der Waals surface area contributed by atoms with E-state index in [1.165, 1.54) is 4.57 Å². The van der Waals surface area contributed by atoms with E-state index in [1.807, 2.05) is 6.92 Å². The zero-order valence-electron chi connectivity index (χ0n) is 7.20. The molecular weight excluding hydrogens is 210 g/mol. The number of H-pyrrole nitrogens is 2. The van der Waals surface area contributed by atoms with Gasteiger partial charge in [-0.1, -0.05) is 6.92 Å². The minimum Gasteiger partial charge on any atom is -0.272 e. The Bertz CT molecular complexity index is 375. The largest absolute Gasteiger partial charge is 0.342 e. The summed E-state index contributed by atoms with van der Waals surface area (Å²) < 4.78 is 12.8. The molecule has 1 unspecified atom stereocenters. The second-order valence-electron chi connectivity index (χ2n) is 2.44. The van der Waals surface area contributed by atoms with Crippen LogP contribution in [0.15, 0.2) is 4.79 Å². The second-order valence-corrected chi connectivity index (χ2v) is 4.70. The summed E-state index contributed by atoms with van der Waals surface area (Å²) in [6.07, 6.45) is 0. The van der Waals surface area contributed by atoms with E-state index in [4.69, 9.17) is 12.2 Å². The maximum atomic E-state index is 11.1. The van der Waals surface area contributed by atoms with Gasteiger partial charge < -0.3 is 0 Å². The molecule has 0 spiro atoms. The third-order valence-electron chi connectivity index (χ3n) is 1.63. The molecule has 0 bridgehead atoms. The van der Waals surface area contributed by atoms with Crippen LogP contribution in [0, 0.1) is 4.77 Å². The summed E-state index contributed by atoms with van der Waals surface area (Å²) >= 11 is 4.84. The third kappa shape index (κ3) is 2.63. The molecule has 7 heteroatoms. The molecule has 5 nitrogen and oxygen atoms in total. The van der Waals surface area contributed by atoms with Gasteiger partial charge in [-0.05, 0) is 12.2 Å². The van der Waals surface area contributed by atoms with Crippen LogP contribution in [0.2, 0.25) is 0 Å². The quantitative estimate of drug-likeness (QED) is 0.703. The van der Waals surface area contributed by atoms with Crippen LogP contribution in [0.25, 0.3) is 0 Å². The van der Waals surface area contributed by atoms with Gasteiger partial charge >= 0.3 is 5.69 Å². The molecule has 0 aromatic carbocycles. The molecular formula is C6H11N3O2S2. The number of aromatic amines is 2. The molecule has 0 fully saturated rings. The van der Waals surface area contributed by atoms with Crippen molar-refractivity contribution in [3.05, 3.63) is 15.3 Å². The first kappa shape index (κ1) is 10.4. The van der Waals surface area contributed by atoms with E-state index in [0.717, 1.165) is 0 Å². The van der Waals surface area contributed by atoms with Gasteiger partial charge in [-0.2, -0.15) is 0 Å². The summed E-state index contributed by atoms with van der Waals surface area (Å²) in [5, 5.41) is 4.88. The third-order valence-corrected chi connectivity index (χ3v) is 3.24.